The maximum atomic E-state index is 12.2. The maximum absolute atomic E-state index is 12.2. The zero-order chi connectivity index (χ0) is 21.3. The lowest BCUT2D eigenvalue weighted by Crippen LogP contribution is -2.32. The number of amides is 1. The Morgan fingerprint density at radius 2 is 1.80 bits per heavy atom. The molecule has 0 bridgehead atoms. The zero-order valence-electron chi connectivity index (χ0n) is 17.9. The Labute approximate surface area is 176 Å². The second-order valence-electron chi connectivity index (χ2n) is 8.37. The first kappa shape index (κ1) is 20.4. The van der Waals surface area contributed by atoms with Crippen LogP contribution in [0.3, 0.4) is 0 Å². The van der Waals surface area contributed by atoms with Crippen molar-refractivity contribution >= 4 is 6.09 Å². The minimum atomic E-state index is -0.212. The molecule has 2 aromatic rings. The van der Waals surface area contributed by atoms with Crippen molar-refractivity contribution in [1.29, 1.82) is 0 Å². The highest BCUT2D eigenvalue weighted by atomic mass is 16.6. The predicted molar refractivity (Wildman–Crippen MR) is 110 cm³/mol. The van der Waals surface area contributed by atoms with Gasteiger partial charge in [0.1, 0.15) is 12.4 Å². The molecule has 1 unspecified atom stereocenters. The summed E-state index contributed by atoms with van der Waals surface area (Å²) in [6.07, 6.45) is 4.75. The van der Waals surface area contributed by atoms with Crippen molar-refractivity contribution in [1.82, 2.24) is 19.9 Å². The van der Waals surface area contributed by atoms with Gasteiger partial charge in [0.15, 0.2) is 5.75 Å². The summed E-state index contributed by atoms with van der Waals surface area (Å²) in [5.41, 5.74) is 1.56. The molecule has 8 heteroatoms. The van der Waals surface area contributed by atoms with Gasteiger partial charge in [-0.25, -0.2) is 14.8 Å². The van der Waals surface area contributed by atoms with E-state index < -0.39 is 0 Å². The average Bonchev–Trinajstić information content (AvgIpc) is 3.25. The lowest BCUT2D eigenvalue weighted by atomic mass is 10.0. The summed E-state index contributed by atoms with van der Waals surface area (Å²) in [7, 11) is 0. The molecule has 2 fully saturated rings. The van der Waals surface area contributed by atoms with E-state index in [1.807, 2.05) is 44.7 Å². The van der Waals surface area contributed by atoms with E-state index in [0.29, 0.717) is 29.3 Å². The van der Waals surface area contributed by atoms with E-state index in [1.165, 1.54) is 6.33 Å². The van der Waals surface area contributed by atoms with Crippen LogP contribution in [-0.2, 0) is 4.74 Å². The number of fused-ring (bicyclic) bond motifs is 1. The number of nitrogens with zero attached hydrogens (tertiary/aromatic N) is 4. The van der Waals surface area contributed by atoms with Crippen LogP contribution >= 0.6 is 0 Å². The number of likely N-dealkylation sites (tertiary alicyclic amines) is 1. The molecule has 1 amide bonds. The first-order valence-corrected chi connectivity index (χ1v) is 10.4. The van der Waals surface area contributed by atoms with E-state index in [2.05, 4.69) is 15.0 Å². The highest BCUT2D eigenvalue weighted by molar-refractivity contribution is 5.68. The Morgan fingerprint density at radius 3 is 2.47 bits per heavy atom. The first-order valence-electron chi connectivity index (χ1n) is 10.4. The third-order valence-corrected chi connectivity index (χ3v) is 5.74. The summed E-state index contributed by atoms with van der Waals surface area (Å²) >= 11 is 0. The molecule has 4 rings (SSSR count). The third kappa shape index (κ3) is 4.32. The number of carbonyl (C=O) groups is 1. The minimum absolute atomic E-state index is 0.0739. The molecule has 2 aromatic heterocycles. The topological polar surface area (TPSA) is 86.7 Å². The fourth-order valence-corrected chi connectivity index (χ4v) is 4.25. The van der Waals surface area contributed by atoms with E-state index in [9.17, 15) is 4.79 Å². The van der Waals surface area contributed by atoms with Crippen LogP contribution in [0.25, 0.3) is 0 Å². The summed E-state index contributed by atoms with van der Waals surface area (Å²) in [6, 6.07) is 3.69. The summed E-state index contributed by atoms with van der Waals surface area (Å²) in [6.45, 7) is 8.99. The van der Waals surface area contributed by atoms with E-state index in [4.69, 9.17) is 14.2 Å². The highest BCUT2D eigenvalue weighted by Gasteiger charge is 2.44. The molecule has 0 spiro atoms. The molecular formula is C22H28N4O4. The molecule has 3 atom stereocenters. The highest BCUT2D eigenvalue weighted by Crippen LogP contribution is 2.40. The van der Waals surface area contributed by atoms with Crippen molar-refractivity contribution in [2.75, 3.05) is 13.1 Å². The molecule has 1 aliphatic carbocycles. The number of aromatic nitrogens is 3. The first-order chi connectivity index (χ1) is 14.4. The molecule has 8 nitrogen and oxygen atoms in total. The second kappa shape index (κ2) is 8.45. The number of carbonyl (C=O) groups excluding carboxylic acids is 1. The lowest BCUT2D eigenvalue weighted by Gasteiger charge is -2.21. The van der Waals surface area contributed by atoms with Crippen LogP contribution in [0.2, 0.25) is 0 Å². The van der Waals surface area contributed by atoms with Gasteiger partial charge in [-0.05, 0) is 64.5 Å². The van der Waals surface area contributed by atoms with Crippen LogP contribution in [0, 0.1) is 25.7 Å². The van der Waals surface area contributed by atoms with Crippen molar-refractivity contribution in [2.24, 2.45) is 11.8 Å². The van der Waals surface area contributed by atoms with Gasteiger partial charge < -0.3 is 19.1 Å². The zero-order valence-corrected chi connectivity index (χ0v) is 17.9. The average molecular weight is 412 g/mol. The number of aryl methyl sites for hydroxylation is 1. The standard InChI is InChI=1S/C22H28N4O4/c1-13(2)28-22(27)26-10-16-8-18(9-17(16)11-26)29-20-14(3)21(25-12-24-20)30-19-6-5-7-23-15(19)4/h5-7,12-13,16-18H,8-11H2,1-4H3/t16-,17+,18?. The molecule has 0 N–H and O–H groups in total. The summed E-state index contributed by atoms with van der Waals surface area (Å²) in [4.78, 5) is 26.8. The molecule has 30 heavy (non-hydrogen) atoms. The van der Waals surface area contributed by atoms with E-state index in [0.717, 1.165) is 37.2 Å². The molecular weight excluding hydrogens is 384 g/mol. The number of pyridine rings is 1. The van der Waals surface area contributed by atoms with Crippen molar-refractivity contribution in [2.45, 2.75) is 52.7 Å². The fraction of sp³-hybridized carbons (Fsp3) is 0.545. The van der Waals surface area contributed by atoms with Crippen LogP contribution in [-0.4, -0.2) is 51.2 Å². The van der Waals surface area contributed by atoms with Gasteiger partial charge in [-0.15, -0.1) is 0 Å². The number of rotatable bonds is 5. The van der Waals surface area contributed by atoms with E-state index >= 15 is 0 Å². The SMILES string of the molecule is Cc1ncccc1Oc1ncnc(OC2C[C@@H]3CN(C(=O)OC(C)C)C[C@@H]3C2)c1C. The molecule has 2 aliphatic rings. The van der Waals surface area contributed by atoms with Crippen LogP contribution in [0.1, 0.15) is 37.9 Å². The van der Waals surface area contributed by atoms with Gasteiger partial charge in [0.2, 0.25) is 11.8 Å². The molecule has 0 aromatic carbocycles. The van der Waals surface area contributed by atoms with Crippen LogP contribution < -0.4 is 9.47 Å². The quantitative estimate of drug-likeness (QED) is 0.736. The maximum Gasteiger partial charge on any atom is 0.410 e. The Morgan fingerprint density at radius 1 is 1.10 bits per heavy atom. The molecule has 1 saturated carbocycles. The second-order valence-corrected chi connectivity index (χ2v) is 8.37. The summed E-state index contributed by atoms with van der Waals surface area (Å²) in [5.74, 6) is 2.55. The van der Waals surface area contributed by atoms with Gasteiger partial charge in [0, 0.05) is 19.3 Å². The van der Waals surface area contributed by atoms with Crippen LogP contribution in [0.15, 0.2) is 24.7 Å². The molecule has 3 heterocycles. The Hall–Kier alpha value is -2.90. The van der Waals surface area contributed by atoms with Crippen LogP contribution in [0.5, 0.6) is 17.5 Å². The monoisotopic (exact) mass is 412 g/mol. The normalized spacial score (nSPS) is 22.8. The van der Waals surface area contributed by atoms with Gasteiger partial charge in [-0.2, -0.15) is 0 Å². The van der Waals surface area contributed by atoms with Gasteiger partial charge in [0.05, 0.1) is 17.4 Å². The minimum Gasteiger partial charge on any atom is -0.474 e. The number of hydrogen-bond acceptors (Lipinski definition) is 7. The van der Waals surface area contributed by atoms with Crippen molar-refractivity contribution in [3.63, 3.8) is 0 Å². The van der Waals surface area contributed by atoms with Crippen molar-refractivity contribution in [3.05, 3.63) is 35.9 Å². The molecule has 1 saturated heterocycles. The smallest absolute Gasteiger partial charge is 0.410 e. The van der Waals surface area contributed by atoms with Crippen molar-refractivity contribution < 1.29 is 19.0 Å². The predicted octanol–water partition coefficient (Wildman–Crippen LogP) is 3.91. The van der Waals surface area contributed by atoms with Crippen LogP contribution in [0.4, 0.5) is 4.79 Å². The fourth-order valence-electron chi connectivity index (χ4n) is 4.25. The Bertz CT molecular complexity index is 906. The van der Waals surface area contributed by atoms with Crippen molar-refractivity contribution in [3.8, 4) is 17.5 Å². The van der Waals surface area contributed by atoms with Gasteiger partial charge in [0.25, 0.3) is 0 Å². The Kier molecular flexibility index (Phi) is 5.74. The lowest BCUT2D eigenvalue weighted by molar-refractivity contribution is 0.0791. The number of hydrogen-bond donors (Lipinski definition) is 0. The molecule has 0 radical (unpaired) electrons. The largest absolute Gasteiger partial charge is 0.474 e. The van der Waals surface area contributed by atoms with Gasteiger partial charge in [-0.3, -0.25) is 4.98 Å². The Balaban J connectivity index is 1.37. The summed E-state index contributed by atoms with van der Waals surface area (Å²) in [5, 5.41) is 0. The molecule has 1 aliphatic heterocycles. The number of ether oxygens (including phenoxy) is 3. The third-order valence-electron chi connectivity index (χ3n) is 5.74. The van der Waals surface area contributed by atoms with E-state index in [1.54, 1.807) is 6.20 Å². The van der Waals surface area contributed by atoms with E-state index in [-0.39, 0.29) is 18.3 Å². The molecule has 160 valence electrons. The van der Waals surface area contributed by atoms with Gasteiger partial charge >= 0.3 is 6.09 Å². The summed E-state index contributed by atoms with van der Waals surface area (Å²) < 4.78 is 17.5. The van der Waals surface area contributed by atoms with Gasteiger partial charge in [-0.1, -0.05) is 0 Å².